The second-order valence-corrected chi connectivity index (χ2v) is 11.0. The van der Waals surface area contributed by atoms with E-state index in [1.54, 1.807) is 0 Å². The van der Waals surface area contributed by atoms with Crippen LogP contribution in [0, 0.1) is 0 Å². The first kappa shape index (κ1) is 28.2. The summed E-state index contributed by atoms with van der Waals surface area (Å²) in [7, 11) is 0. The summed E-state index contributed by atoms with van der Waals surface area (Å²) >= 11 is 0. The van der Waals surface area contributed by atoms with E-state index >= 15 is 0 Å². The van der Waals surface area contributed by atoms with Gasteiger partial charge in [-0.05, 0) is 54.2 Å². The predicted octanol–water partition coefficient (Wildman–Crippen LogP) is 2.92. The molecule has 1 aliphatic heterocycles. The number of amides is 2. The summed E-state index contributed by atoms with van der Waals surface area (Å²) in [5, 5.41) is 3.33. The molecule has 5 rings (SSSR count). The van der Waals surface area contributed by atoms with Crippen LogP contribution in [0.5, 0.6) is 0 Å². The number of para-hydroxylation sites is 1. The molecule has 0 saturated carbocycles. The Morgan fingerprint density at radius 1 is 1.00 bits per heavy atom. The molecule has 1 aliphatic rings. The quantitative estimate of drug-likeness (QED) is 0.143. The highest BCUT2D eigenvalue weighted by atomic mass is 16.2. The summed E-state index contributed by atoms with van der Waals surface area (Å²) < 4.78 is 0. The van der Waals surface area contributed by atoms with Crippen LogP contribution in [0.15, 0.2) is 77.9 Å². The third-order valence-corrected chi connectivity index (χ3v) is 8.04. The number of H-pyrrole nitrogens is 1. The highest BCUT2D eigenvalue weighted by molar-refractivity contribution is 5.89. The molecule has 3 aromatic carbocycles. The number of aliphatic imine (C=N–C) groups is 1. The lowest BCUT2D eigenvalue weighted by Crippen LogP contribution is -2.63. The minimum Gasteiger partial charge on any atom is -0.370 e. The lowest BCUT2D eigenvalue weighted by molar-refractivity contribution is -0.147. The van der Waals surface area contributed by atoms with Gasteiger partial charge in [-0.3, -0.25) is 14.6 Å². The van der Waals surface area contributed by atoms with Crippen molar-refractivity contribution in [3.05, 3.63) is 84.1 Å². The van der Waals surface area contributed by atoms with Crippen molar-refractivity contribution >= 4 is 39.4 Å². The van der Waals surface area contributed by atoms with E-state index in [2.05, 4.69) is 34.2 Å². The Hall–Kier alpha value is -4.37. The third kappa shape index (κ3) is 6.52. The van der Waals surface area contributed by atoms with Gasteiger partial charge in [0.15, 0.2) is 5.96 Å². The van der Waals surface area contributed by atoms with Gasteiger partial charge in [0, 0.05) is 48.8 Å². The maximum atomic E-state index is 13.8. The number of carbonyl (C=O) groups is 2. The molecular weight excluding hydrogens is 514 g/mol. The van der Waals surface area contributed by atoms with E-state index in [4.69, 9.17) is 17.2 Å². The number of benzene rings is 3. The van der Waals surface area contributed by atoms with E-state index < -0.39 is 6.04 Å². The molecule has 0 spiro atoms. The molecule has 0 bridgehead atoms. The van der Waals surface area contributed by atoms with Crippen LogP contribution in [0.2, 0.25) is 0 Å². The lowest BCUT2D eigenvalue weighted by atomic mass is 9.97. The number of nitrogens with one attached hydrogen (secondary N) is 1. The van der Waals surface area contributed by atoms with Crippen LogP contribution in [0.3, 0.4) is 0 Å². The van der Waals surface area contributed by atoms with Crippen molar-refractivity contribution in [3.8, 4) is 0 Å². The molecule has 1 aromatic heterocycles. The Labute approximate surface area is 240 Å². The number of guanidine groups is 1. The molecule has 41 heavy (non-hydrogen) atoms. The normalized spacial score (nSPS) is 18.0. The van der Waals surface area contributed by atoms with Crippen molar-refractivity contribution in [1.29, 1.82) is 0 Å². The molecule has 2 heterocycles. The summed E-state index contributed by atoms with van der Waals surface area (Å²) in [5.74, 6) is -0.00671. The first-order chi connectivity index (χ1) is 19.8. The molecule has 2 amide bonds. The van der Waals surface area contributed by atoms with E-state index in [1.165, 1.54) is 0 Å². The number of carbonyl (C=O) groups excluding carboxylic acids is 2. The number of hydrogen-bond acceptors (Lipinski definition) is 4. The highest BCUT2D eigenvalue weighted by Gasteiger charge is 2.37. The van der Waals surface area contributed by atoms with Gasteiger partial charge in [-0.2, -0.15) is 0 Å². The number of aromatic nitrogens is 1. The summed E-state index contributed by atoms with van der Waals surface area (Å²) in [6.07, 6.45) is 3.99. The molecule has 1 fully saturated rings. The summed E-state index contributed by atoms with van der Waals surface area (Å²) in [4.78, 5) is 38.5. The zero-order valence-electron chi connectivity index (χ0n) is 23.5. The molecule has 9 nitrogen and oxygen atoms in total. The molecule has 1 saturated heterocycles. The van der Waals surface area contributed by atoms with Crippen LogP contribution in [-0.2, 0) is 22.4 Å². The molecule has 7 N–H and O–H groups in total. The molecule has 1 unspecified atom stereocenters. The molecular formula is C32H39N7O2. The molecule has 214 valence electrons. The van der Waals surface area contributed by atoms with Gasteiger partial charge >= 0.3 is 0 Å². The van der Waals surface area contributed by atoms with E-state index in [-0.39, 0.29) is 29.9 Å². The molecule has 9 heteroatoms. The van der Waals surface area contributed by atoms with Crippen molar-refractivity contribution in [1.82, 2.24) is 14.8 Å². The van der Waals surface area contributed by atoms with Crippen LogP contribution in [-0.4, -0.2) is 70.3 Å². The Morgan fingerprint density at radius 3 is 2.56 bits per heavy atom. The number of nitrogens with zero attached hydrogens (tertiary/aromatic N) is 3. The Kier molecular flexibility index (Phi) is 8.54. The van der Waals surface area contributed by atoms with Gasteiger partial charge in [0.2, 0.25) is 11.8 Å². The number of hydrogen-bond donors (Lipinski definition) is 4. The highest BCUT2D eigenvalue weighted by Crippen LogP contribution is 2.24. The average Bonchev–Trinajstić information content (AvgIpc) is 3.37. The summed E-state index contributed by atoms with van der Waals surface area (Å²) in [5.41, 5.74) is 20.6. The van der Waals surface area contributed by atoms with Gasteiger partial charge in [-0.1, -0.05) is 60.7 Å². The minimum atomic E-state index is -0.683. The summed E-state index contributed by atoms with van der Waals surface area (Å²) in [6, 6.07) is 21.3. The number of piperazine rings is 1. The third-order valence-electron chi connectivity index (χ3n) is 8.04. The van der Waals surface area contributed by atoms with E-state index in [0.717, 1.165) is 32.8 Å². The number of nitrogens with two attached hydrogens (primary N) is 3. The SMILES string of the molecule is C[C@@H]1CN(C(=O)[C@@H](N)Cc2ccc3ccccc3c2)C(CCCN=C(N)N)CN1C(=O)Cc1c[nH]c2ccccc12. The van der Waals surface area contributed by atoms with Crippen molar-refractivity contribution in [2.75, 3.05) is 19.6 Å². The zero-order chi connectivity index (χ0) is 28.9. The van der Waals surface area contributed by atoms with Gasteiger partial charge < -0.3 is 32.0 Å². The number of fused-ring (bicyclic) bond motifs is 2. The van der Waals surface area contributed by atoms with Gasteiger partial charge in [0.1, 0.15) is 0 Å². The fourth-order valence-electron chi connectivity index (χ4n) is 5.90. The maximum Gasteiger partial charge on any atom is 0.240 e. The van der Waals surface area contributed by atoms with E-state index in [9.17, 15) is 9.59 Å². The Bertz CT molecular complexity index is 1560. The first-order valence-corrected chi connectivity index (χ1v) is 14.2. The van der Waals surface area contributed by atoms with Gasteiger partial charge in [-0.15, -0.1) is 0 Å². The monoisotopic (exact) mass is 553 g/mol. The molecule has 3 atom stereocenters. The molecule has 4 aromatic rings. The fourth-order valence-corrected chi connectivity index (χ4v) is 5.90. The second kappa shape index (κ2) is 12.4. The van der Waals surface area contributed by atoms with Crippen LogP contribution in [0.4, 0.5) is 0 Å². The van der Waals surface area contributed by atoms with Gasteiger partial charge in [0.25, 0.3) is 0 Å². The fraction of sp³-hybridized carbons (Fsp3) is 0.344. The van der Waals surface area contributed by atoms with E-state index in [0.29, 0.717) is 45.3 Å². The lowest BCUT2D eigenvalue weighted by Gasteiger charge is -2.46. The topological polar surface area (TPSA) is 147 Å². The predicted molar refractivity (Wildman–Crippen MR) is 164 cm³/mol. The molecule has 0 radical (unpaired) electrons. The Morgan fingerprint density at radius 2 is 1.76 bits per heavy atom. The van der Waals surface area contributed by atoms with Crippen molar-refractivity contribution in [2.45, 2.75) is 50.7 Å². The first-order valence-electron chi connectivity index (χ1n) is 14.2. The van der Waals surface area contributed by atoms with Crippen LogP contribution < -0.4 is 17.2 Å². The largest absolute Gasteiger partial charge is 0.370 e. The number of aromatic amines is 1. The second-order valence-electron chi connectivity index (χ2n) is 11.0. The van der Waals surface area contributed by atoms with E-state index in [1.807, 2.05) is 65.4 Å². The average molecular weight is 554 g/mol. The van der Waals surface area contributed by atoms with Gasteiger partial charge in [-0.25, -0.2) is 0 Å². The zero-order valence-corrected chi connectivity index (χ0v) is 23.5. The maximum absolute atomic E-state index is 13.8. The molecule has 0 aliphatic carbocycles. The van der Waals surface area contributed by atoms with Crippen LogP contribution in [0.1, 0.15) is 30.9 Å². The summed E-state index contributed by atoms with van der Waals surface area (Å²) in [6.45, 7) is 3.33. The van der Waals surface area contributed by atoms with Crippen LogP contribution >= 0.6 is 0 Å². The Balaban J connectivity index is 1.30. The van der Waals surface area contributed by atoms with Crippen molar-refractivity contribution in [2.24, 2.45) is 22.2 Å². The van der Waals surface area contributed by atoms with Crippen molar-refractivity contribution < 1.29 is 9.59 Å². The van der Waals surface area contributed by atoms with Gasteiger partial charge in [0.05, 0.1) is 12.5 Å². The van der Waals surface area contributed by atoms with Crippen molar-refractivity contribution in [3.63, 3.8) is 0 Å². The number of rotatable bonds is 9. The standard InChI is InChI=1S/C32H39N7O2/c1-21-19-39(31(41)28(33)16-22-12-13-23-7-2-3-8-24(23)15-22)26(9-6-14-36-32(34)35)20-38(21)30(40)17-25-18-37-29-11-5-4-10-27(25)29/h2-5,7-8,10-13,15,18,21,26,28,37H,6,9,14,16-17,19-20,33H2,1H3,(H4,34,35,36)/t21-,26?,28+/m1/s1. The smallest absolute Gasteiger partial charge is 0.240 e. The van der Waals surface area contributed by atoms with Crippen LogP contribution in [0.25, 0.3) is 21.7 Å². The minimum absolute atomic E-state index is 0.0446.